The lowest BCUT2D eigenvalue weighted by molar-refractivity contribution is 0.0626. The molecule has 1 fully saturated rings. The summed E-state index contributed by atoms with van der Waals surface area (Å²) in [4.78, 5) is 0. The van der Waals surface area contributed by atoms with Crippen molar-refractivity contribution < 1.29 is 13.2 Å². The van der Waals surface area contributed by atoms with Crippen LogP contribution in [0.2, 0.25) is 0 Å². The van der Waals surface area contributed by atoms with Gasteiger partial charge in [0.15, 0.2) is 0 Å². The molecule has 1 aliphatic carbocycles. The highest BCUT2D eigenvalue weighted by atomic mass is 32.2. The molecule has 0 heterocycles. The van der Waals surface area contributed by atoms with E-state index in [0.717, 1.165) is 19.4 Å². The Morgan fingerprint density at radius 2 is 1.94 bits per heavy atom. The van der Waals surface area contributed by atoms with Crippen LogP contribution in [0.3, 0.4) is 0 Å². The molecule has 0 aromatic heterocycles. The summed E-state index contributed by atoms with van der Waals surface area (Å²) in [7, 11) is -3.14. The highest BCUT2D eigenvalue weighted by molar-refractivity contribution is 7.89. The van der Waals surface area contributed by atoms with Gasteiger partial charge in [-0.2, -0.15) is 0 Å². The molecule has 0 spiro atoms. The van der Waals surface area contributed by atoms with Gasteiger partial charge in [0.2, 0.25) is 10.0 Å². The zero-order valence-electron chi connectivity index (χ0n) is 10.6. The molecule has 0 saturated heterocycles. The van der Waals surface area contributed by atoms with Crippen LogP contribution in [-0.4, -0.2) is 46.5 Å². The molecule has 1 rings (SSSR count). The summed E-state index contributed by atoms with van der Waals surface area (Å²) in [5.74, 6) is 0.129. The molecule has 1 aliphatic rings. The van der Waals surface area contributed by atoms with Crippen LogP contribution in [-0.2, 0) is 14.8 Å². The molecule has 0 unspecified atom stereocenters. The van der Waals surface area contributed by atoms with Crippen LogP contribution in [0.15, 0.2) is 0 Å². The van der Waals surface area contributed by atoms with Gasteiger partial charge in [-0.15, -0.1) is 0 Å². The summed E-state index contributed by atoms with van der Waals surface area (Å²) in [6.07, 6.45) is 5.06. The van der Waals surface area contributed by atoms with E-state index in [1.54, 1.807) is 0 Å². The standard InChI is InChI=1S/C11H24N2O3S/c1-2-12-8-10-17(14,15)13-7-9-16-11-5-3-4-6-11/h11-13H,2-10H2,1H3. The molecule has 0 aliphatic heterocycles. The number of rotatable bonds is 9. The van der Waals surface area contributed by atoms with Gasteiger partial charge in [0.1, 0.15) is 0 Å². The first-order valence-electron chi connectivity index (χ1n) is 6.43. The summed E-state index contributed by atoms with van der Waals surface area (Å²) < 4.78 is 31.1. The van der Waals surface area contributed by atoms with Crippen LogP contribution in [0, 0.1) is 0 Å². The Bertz CT molecular complexity index is 287. The highest BCUT2D eigenvalue weighted by Gasteiger charge is 2.15. The average molecular weight is 264 g/mol. The van der Waals surface area contributed by atoms with Crippen molar-refractivity contribution in [2.24, 2.45) is 0 Å². The summed E-state index contributed by atoms with van der Waals surface area (Å²) in [5.41, 5.74) is 0. The van der Waals surface area contributed by atoms with Gasteiger partial charge in [-0.1, -0.05) is 19.8 Å². The van der Waals surface area contributed by atoms with Crippen LogP contribution in [0.1, 0.15) is 32.6 Å². The molecule has 2 N–H and O–H groups in total. The quantitative estimate of drug-likeness (QED) is 0.594. The minimum atomic E-state index is -3.14. The van der Waals surface area contributed by atoms with Gasteiger partial charge in [-0.05, 0) is 19.4 Å². The van der Waals surface area contributed by atoms with Crippen LogP contribution in [0.25, 0.3) is 0 Å². The molecular formula is C11H24N2O3S. The predicted molar refractivity (Wildman–Crippen MR) is 68.5 cm³/mol. The summed E-state index contributed by atoms with van der Waals surface area (Å²) in [5, 5.41) is 2.99. The normalized spacial score (nSPS) is 17.7. The predicted octanol–water partition coefficient (Wildman–Crippen LogP) is 0.475. The Hall–Kier alpha value is -0.170. The van der Waals surface area contributed by atoms with Crippen molar-refractivity contribution in [1.29, 1.82) is 0 Å². The molecule has 1 saturated carbocycles. The van der Waals surface area contributed by atoms with Crippen LogP contribution < -0.4 is 10.0 Å². The van der Waals surface area contributed by atoms with E-state index in [2.05, 4.69) is 10.0 Å². The van der Waals surface area contributed by atoms with Crippen molar-refractivity contribution in [3.8, 4) is 0 Å². The largest absolute Gasteiger partial charge is 0.377 e. The lowest BCUT2D eigenvalue weighted by Gasteiger charge is -2.11. The van der Waals surface area contributed by atoms with E-state index in [1.807, 2.05) is 6.92 Å². The fourth-order valence-corrected chi connectivity index (χ4v) is 2.89. The maximum Gasteiger partial charge on any atom is 0.212 e. The summed E-state index contributed by atoms with van der Waals surface area (Å²) >= 11 is 0. The molecule has 0 aromatic rings. The second-order valence-corrected chi connectivity index (χ2v) is 6.27. The summed E-state index contributed by atoms with van der Waals surface area (Å²) in [6.45, 7) is 4.10. The first-order chi connectivity index (χ1) is 8.14. The zero-order chi connectivity index (χ0) is 12.6. The molecule has 0 amide bonds. The lowest BCUT2D eigenvalue weighted by atomic mass is 10.3. The summed E-state index contributed by atoms with van der Waals surface area (Å²) in [6, 6.07) is 0. The van der Waals surface area contributed by atoms with Gasteiger partial charge in [-0.3, -0.25) is 0 Å². The molecule has 102 valence electrons. The SMILES string of the molecule is CCNCCS(=O)(=O)NCCOC1CCCC1. The second-order valence-electron chi connectivity index (χ2n) is 4.34. The molecule has 6 heteroatoms. The van der Waals surface area contributed by atoms with Crippen molar-refractivity contribution in [3.05, 3.63) is 0 Å². The van der Waals surface area contributed by atoms with E-state index in [1.165, 1.54) is 12.8 Å². The fourth-order valence-electron chi connectivity index (χ4n) is 1.93. The molecular weight excluding hydrogens is 240 g/mol. The van der Waals surface area contributed by atoms with Crippen molar-refractivity contribution >= 4 is 10.0 Å². The van der Waals surface area contributed by atoms with Gasteiger partial charge >= 0.3 is 0 Å². The highest BCUT2D eigenvalue weighted by Crippen LogP contribution is 2.20. The maximum atomic E-state index is 11.5. The second kappa shape index (κ2) is 8.02. The van der Waals surface area contributed by atoms with Gasteiger partial charge < -0.3 is 10.1 Å². The third kappa shape index (κ3) is 6.98. The maximum absolute atomic E-state index is 11.5. The Labute approximate surface area is 104 Å². The van der Waals surface area contributed by atoms with E-state index in [0.29, 0.717) is 25.8 Å². The third-order valence-electron chi connectivity index (χ3n) is 2.88. The van der Waals surface area contributed by atoms with E-state index >= 15 is 0 Å². The van der Waals surface area contributed by atoms with E-state index in [4.69, 9.17) is 4.74 Å². The number of hydrogen-bond acceptors (Lipinski definition) is 4. The minimum absolute atomic E-state index is 0.129. The monoisotopic (exact) mass is 264 g/mol. The van der Waals surface area contributed by atoms with Gasteiger partial charge in [0.25, 0.3) is 0 Å². The Balaban J connectivity index is 2.03. The van der Waals surface area contributed by atoms with Crippen LogP contribution >= 0.6 is 0 Å². The average Bonchev–Trinajstić information content (AvgIpc) is 2.77. The molecule has 5 nitrogen and oxygen atoms in total. The molecule has 0 atom stereocenters. The van der Waals surface area contributed by atoms with Crippen LogP contribution in [0.5, 0.6) is 0 Å². The smallest absolute Gasteiger partial charge is 0.212 e. The molecule has 0 radical (unpaired) electrons. The molecule has 17 heavy (non-hydrogen) atoms. The third-order valence-corrected chi connectivity index (χ3v) is 4.26. The first kappa shape index (κ1) is 14.9. The van der Waals surface area contributed by atoms with E-state index in [9.17, 15) is 8.42 Å². The number of ether oxygens (including phenoxy) is 1. The first-order valence-corrected chi connectivity index (χ1v) is 8.09. The topological polar surface area (TPSA) is 67.4 Å². The van der Waals surface area contributed by atoms with Crippen molar-refractivity contribution in [1.82, 2.24) is 10.0 Å². The zero-order valence-corrected chi connectivity index (χ0v) is 11.4. The molecule has 0 aromatic carbocycles. The number of hydrogen-bond donors (Lipinski definition) is 2. The number of sulfonamides is 1. The Morgan fingerprint density at radius 1 is 1.24 bits per heavy atom. The van der Waals surface area contributed by atoms with Gasteiger partial charge in [0, 0.05) is 13.1 Å². The van der Waals surface area contributed by atoms with Crippen molar-refractivity contribution in [3.63, 3.8) is 0 Å². The number of nitrogens with one attached hydrogen (secondary N) is 2. The molecule has 0 bridgehead atoms. The van der Waals surface area contributed by atoms with Gasteiger partial charge in [0.05, 0.1) is 18.5 Å². The van der Waals surface area contributed by atoms with Crippen molar-refractivity contribution in [2.75, 3.05) is 32.0 Å². The Kier molecular flexibility index (Phi) is 7.03. The Morgan fingerprint density at radius 3 is 2.59 bits per heavy atom. The van der Waals surface area contributed by atoms with Gasteiger partial charge in [-0.25, -0.2) is 13.1 Å². The lowest BCUT2D eigenvalue weighted by Crippen LogP contribution is -2.34. The minimum Gasteiger partial charge on any atom is -0.377 e. The van der Waals surface area contributed by atoms with E-state index in [-0.39, 0.29) is 5.75 Å². The van der Waals surface area contributed by atoms with Crippen molar-refractivity contribution in [2.45, 2.75) is 38.7 Å². The fraction of sp³-hybridized carbons (Fsp3) is 1.00. The van der Waals surface area contributed by atoms with E-state index < -0.39 is 10.0 Å². The van der Waals surface area contributed by atoms with Crippen LogP contribution in [0.4, 0.5) is 0 Å².